The van der Waals surface area contributed by atoms with Gasteiger partial charge in [-0.25, -0.2) is 4.98 Å². The molecule has 0 fully saturated rings. The zero-order chi connectivity index (χ0) is 9.97. The lowest BCUT2D eigenvalue weighted by atomic mass is 10.2. The van der Waals surface area contributed by atoms with E-state index in [1.807, 2.05) is 30.3 Å². The Kier molecular flexibility index (Phi) is 2.41. The minimum Gasteiger partial charge on any atom is -0.217 e. The number of aromatic nitrogens is 3. The van der Waals surface area contributed by atoms with E-state index in [9.17, 15) is 0 Å². The lowest BCUT2D eigenvalue weighted by Gasteiger charge is -2.01. The Balaban J connectivity index is 2.53. The molecule has 1 aromatic heterocycles. The molecule has 4 heteroatoms. The second-order valence-corrected chi connectivity index (χ2v) is 3.22. The van der Waals surface area contributed by atoms with Crippen molar-refractivity contribution in [2.75, 3.05) is 0 Å². The summed E-state index contributed by atoms with van der Waals surface area (Å²) in [6.07, 6.45) is 0. The normalized spacial score (nSPS) is 10.1. The number of hydrogen-bond acceptors (Lipinski definition) is 3. The number of hydrogen-bond donors (Lipinski definition) is 0. The monoisotopic (exact) mass is 205 g/mol. The average molecular weight is 206 g/mol. The fourth-order valence-corrected chi connectivity index (χ4v) is 1.42. The number of benzene rings is 1. The molecule has 70 valence electrons. The number of rotatable bonds is 1. The molecule has 0 bridgehead atoms. The van der Waals surface area contributed by atoms with E-state index in [1.165, 1.54) is 0 Å². The average Bonchev–Trinajstić information content (AvgIpc) is 2.19. The first kappa shape index (κ1) is 9.09. The van der Waals surface area contributed by atoms with Gasteiger partial charge in [-0.15, -0.1) is 10.2 Å². The van der Waals surface area contributed by atoms with E-state index < -0.39 is 0 Å². The lowest BCUT2D eigenvalue weighted by molar-refractivity contribution is 0.914. The third-order valence-electron chi connectivity index (χ3n) is 1.80. The molecule has 2 rings (SSSR count). The molecule has 0 saturated heterocycles. The fourth-order valence-electron chi connectivity index (χ4n) is 1.15. The van der Waals surface area contributed by atoms with Crippen molar-refractivity contribution in [1.82, 2.24) is 15.2 Å². The van der Waals surface area contributed by atoms with Gasteiger partial charge >= 0.3 is 0 Å². The maximum absolute atomic E-state index is 5.95. The molecule has 0 atom stereocenters. The Morgan fingerprint density at radius 3 is 2.43 bits per heavy atom. The summed E-state index contributed by atoms with van der Waals surface area (Å²) in [5, 5.41) is 8.27. The van der Waals surface area contributed by atoms with Crippen LogP contribution in [-0.4, -0.2) is 15.2 Å². The molecule has 1 heterocycles. The van der Waals surface area contributed by atoms with Crippen LogP contribution in [0.2, 0.25) is 5.15 Å². The van der Waals surface area contributed by atoms with E-state index in [2.05, 4.69) is 15.2 Å². The third kappa shape index (κ3) is 1.72. The SMILES string of the molecule is Cc1nnc(-c2ccccc2)c(Cl)n1. The van der Waals surface area contributed by atoms with E-state index in [1.54, 1.807) is 6.92 Å². The van der Waals surface area contributed by atoms with Gasteiger partial charge in [0.2, 0.25) is 0 Å². The van der Waals surface area contributed by atoms with Gasteiger partial charge in [0.15, 0.2) is 5.15 Å². The van der Waals surface area contributed by atoms with Crippen molar-refractivity contribution in [1.29, 1.82) is 0 Å². The molecule has 2 aromatic rings. The highest BCUT2D eigenvalue weighted by Crippen LogP contribution is 2.22. The van der Waals surface area contributed by atoms with Gasteiger partial charge in [-0.2, -0.15) is 0 Å². The molecule has 1 aromatic carbocycles. The van der Waals surface area contributed by atoms with Crippen molar-refractivity contribution in [3.63, 3.8) is 0 Å². The number of aryl methyl sites for hydroxylation is 1. The molecule has 0 aliphatic rings. The van der Waals surface area contributed by atoms with Crippen LogP contribution in [0, 0.1) is 6.92 Å². The molecule has 0 aliphatic heterocycles. The zero-order valence-electron chi connectivity index (χ0n) is 7.61. The predicted octanol–water partition coefficient (Wildman–Crippen LogP) is 2.50. The summed E-state index contributed by atoms with van der Waals surface area (Å²) in [6.45, 7) is 1.76. The first-order chi connectivity index (χ1) is 6.77. The minimum atomic E-state index is 0.392. The minimum absolute atomic E-state index is 0.392. The Morgan fingerprint density at radius 2 is 1.79 bits per heavy atom. The number of nitrogens with zero attached hydrogens (tertiary/aromatic N) is 3. The van der Waals surface area contributed by atoms with Gasteiger partial charge in [0.1, 0.15) is 11.5 Å². The van der Waals surface area contributed by atoms with Gasteiger partial charge in [-0.3, -0.25) is 0 Å². The van der Waals surface area contributed by atoms with Crippen LogP contribution < -0.4 is 0 Å². The Labute approximate surface area is 86.8 Å². The van der Waals surface area contributed by atoms with Crippen molar-refractivity contribution in [2.24, 2.45) is 0 Å². The second kappa shape index (κ2) is 3.72. The van der Waals surface area contributed by atoms with Crippen molar-refractivity contribution in [3.8, 4) is 11.3 Å². The lowest BCUT2D eigenvalue weighted by Crippen LogP contribution is -1.95. The summed E-state index contributed by atoms with van der Waals surface area (Å²) >= 11 is 5.95. The Morgan fingerprint density at radius 1 is 1.07 bits per heavy atom. The van der Waals surface area contributed by atoms with E-state index in [-0.39, 0.29) is 0 Å². The first-order valence-electron chi connectivity index (χ1n) is 4.19. The summed E-state index contributed by atoms with van der Waals surface area (Å²) in [5.74, 6) is 0.578. The largest absolute Gasteiger partial charge is 0.217 e. The van der Waals surface area contributed by atoms with E-state index in [0.717, 1.165) is 5.56 Å². The third-order valence-corrected chi connectivity index (χ3v) is 2.06. The maximum atomic E-state index is 5.95. The zero-order valence-corrected chi connectivity index (χ0v) is 8.36. The summed E-state index contributed by atoms with van der Waals surface area (Å²) in [7, 11) is 0. The van der Waals surface area contributed by atoms with E-state index in [4.69, 9.17) is 11.6 Å². The molecule has 0 spiro atoms. The van der Waals surface area contributed by atoms with Crippen LogP contribution in [0.1, 0.15) is 5.82 Å². The molecule has 0 amide bonds. The second-order valence-electron chi connectivity index (χ2n) is 2.86. The number of halogens is 1. The molecule has 0 radical (unpaired) electrons. The van der Waals surface area contributed by atoms with Gasteiger partial charge < -0.3 is 0 Å². The van der Waals surface area contributed by atoms with Crippen LogP contribution in [0.3, 0.4) is 0 Å². The first-order valence-corrected chi connectivity index (χ1v) is 4.57. The van der Waals surface area contributed by atoms with Crippen molar-refractivity contribution in [3.05, 3.63) is 41.3 Å². The summed E-state index contributed by atoms with van der Waals surface area (Å²) in [5.41, 5.74) is 1.55. The van der Waals surface area contributed by atoms with Crippen LogP contribution in [0.4, 0.5) is 0 Å². The molecule has 0 aliphatic carbocycles. The van der Waals surface area contributed by atoms with Crippen LogP contribution >= 0.6 is 11.6 Å². The summed E-state index contributed by atoms with van der Waals surface area (Å²) in [4.78, 5) is 4.04. The van der Waals surface area contributed by atoms with E-state index in [0.29, 0.717) is 16.7 Å². The van der Waals surface area contributed by atoms with Crippen molar-refractivity contribution >= 4 is 11.6 Å². The van der Waals surface area contributed by atoms with Crippen molar-refractivity contribution in [2.45, 2.75) is 6.92 Å². The van der Waals surface area contributed by atoms with Gasteiger partial charge in [-0.1, -0.05) is 41.9 Å². The molecule has 0 unspecified atom stereocenters. The van der Waals surface area contributed by atoms with Gasteiger partial charge in [0.05, 0.1) is 0 Å². The summed E-state index contributed by atoms with van der Waals surface area (Å²) in [6, 6.07) is 9.63. The van der Waals surface area contributed by atoms with E-state index >= 15 is 0 Å². The van der Waals surface area contributed by atoms with Gasteiger partial charge in [0.25, 0.3) is 0 Å². The molecular formula is C10H8ClN3. The summed E-state index contributed by atoms with van der Waals surface area (Å²) < 4.78 is 0. The molecule has 14 heavy (non-hydrogen) atoms. The van der Waals surface area contributed by atoms with Crippen molar-refractivity contribution < 1.29 is 0 Å². The van der Waals surface area contributed by atoms with Crippen LogP contribution in [0.5, 0.6) is 0 Å². The topological polar surface area (TPSA) is 38.7 Å². The van der Waals surface area contributed by atoms with Crippen LogP contribution in [0.15, 0.2) is 30.3 Å². The highest BCUT2D eigenvalue weighted by atomic mass is 35.5. The molecule has 3 nitrogen and oxygen atoms in total. The van der Waals surface area contributed by atoms with Gasteiger partial charge in [-0.05, 0) is 6.92 Å². The van der Waals surface area contributed by atoms with Crippen LogP contribution in [-0.2, 0) is 0 Å². The van der Waals surface area contributed by atoms with Gasteiger partial charge in [0, 0.05) is 5.56 Å². The van der Waals surface area contributed by atoms with Crippen LogP contribution in [0.25, 0.3) is 11.3 Å². The molecule has 0 saturated carbocycles. The molecule has 0 N–H and O–H groups in total. The highest BCUT2D eigenvalue weighted by molar-refractivity contribution is 6.31. The molecular weight excluding hydrogens is 198 g/mol. The Hall–Kier alpha value is -1.48. The Bertz CT molecular complexity index is 442. The highest BCUT2D eigenvalue weighted by Gasteiger charge is 2.06. The standard InChI is InChI=1S/C10H8ClN3/c1-7-12-10(11)9(14-13-7)8-5-3-2-4-6-8/h2-6H,1H3. The smallest absolute Gasteiger partial charge is 0.159 e. The maximum Gasteiger partial charge on any atom is 0.159 e. The predicted molar refractivity (Wildman–Crippen MR) is 55.0 cm³/mol. The fraction of sp³-hybridized carbons (Fsp3) is 0.100. The quantitative estimate of drug-likeness (QED) is 0.718.